The SMILES string of the molecule is Brc1cc(Br)cc(-c2ccc(Br)c(Br)c2Br)c1. The van der Waals surface area contributed by atoms with Crippen molar-refractivity contribution in [1.82, 2.24) is 0 Å². The Hall–Kier alpha value is 0.840. The van der Waals surface area contributed by atoms with Crippen LogP contribution in [0.2, 0.25) is 0 Å². The van der Waals surface area contributed by atoms with Crippen LogP contribution in [0.1, 0.15) is 0 Å². The van der Waals surface area contributed by atoms with E-state index in [2.05, 4.69) is 97.8 Å². The van der Waals surface area contributed by atoms with E-state index in [1.165, 1.54) is 0 Å². The summed E-state index contributed by atoms with van der Waals surface area (Å²) in [4.78, 5) is 0. The van der Waals surface area contributed by atoms with E-state index in [4.69, 9.17) is 0 Å². The molecule has 2 aromatic carbocycles. The summed E-state index contributed by atoms with van der Waals surface area (Å²) in [5, 5.41) is 0. The quantitative estimate of drug-likeness (QED) is 0.332. The predicted molar refractivity (Wildman–Crippen MR) is 90.4 cm³/mol. The van der Waals surface area contributed by atoms with E-state index in [9.17, 15) is 0 Å². The molecule has 5 heteroatoms. The van der Waals surface area contributed by atoms with E-state index < -0.39 is 0 Å². The average Bonchev–Trinajstić information content (AvgIpc) is 2.24. The fourth-order valence-electron chi connectivity index (χ4n) is 1.46. The van der Waals surface area contributed by atoms with Crippen LogP contribution in [0.4, 0.5) is 0 Å². The molecule has 0 heterocycles. The van der Waals surface area contributed by atoms with E-state index >= 15 is 0 Å². The second kappa shape index (κ2) is 5.87. The largest absolute Gasteiger partial charge is 0.0520 e. The first-order valence-corrected chi connectivity index (χ1v) is 8.55. The first-order chi connectivity index (χ1) is 7.99. The van der Waals surface area contributed by atoms with Gasteiger partial charge >= 0.3 is 0 Å². The summed E-state index contributed by atoms with van der Waals surface area (Å²) in [6, 6.07) is 10.3. The van der Waals surface area contributed by atoms with Gasteiger partial charge in [0.1, 0.15) is 0 Å². The summed E-state index contributed by atoms with van der Waals surface area (Å²) in [6.07, 6.45) is 0. The molecule has 0 aliphatic rings. The Morgan fingerprint density at radius 2 is 1.24 bits per heavy atom. The molecular weight excluding hydrogens is 544 g/mol. The molecule has 0 fully saturated rings. The minimum atomic E-state index is 1.02. The molecule has 0 radical (unpaired) electrons. The molecule has 17 heavy (non-hydrogen) atoms. The summed E-state index contributed by atoms with van der Waals surface area (Å²) < 4.78 is 5.19. The number of halogens is 5. The second-order valence-corrected chi connectivity index (χ2v) is 7.65. The molecule has 2 aromatic rings. The van der Waals surface area contributed by atoms with Gasteiger partial charge in [-0.05, 0) is 83.2 Å². The highest BCUT2D eigenvalue weighted by Crippen LogP contribution is 2.39. The number of hydrogen-bond acceptors (Lipinski definition) is 0. The van der Waals surface area contributed by atoms with Gasteiger partial charge in [-0.25, -0.2) is 0 Å². The van der Waals surface area contributed by atoms with Crippen molar-refractivity contribution in [3.63, 3.8) is 0 Å². The van der Waals surface area contributed by atoms with Gasteiger partial charge in [0, 0.05) is 22.4 Å². The highest BCUT2D eigenvalue weighted by molar-refractivity contribution is 9.14. The maximum atomic E-state index is 3.61. The van der Waals surface area contributed by atoms with Crippen molar-refractivity contribution in [1.29, 1.82) is 0 Å². The molecule has 0 nitrogen and oxygen atoms in total. The summed E-state index contributed by atoms with van der Waals surface area (Å²) in [6.45, 7) is 0. The van der Waals surface area contributed by atoms with Crippen LogP contribution in [0.3, 0.4) is 0 Å². The molecule has 0 aromatic heterocycles. The highest BCUT2D eigenvalue weighted by Gasteiger charge is 2.10. The van der Waals surface area contributed by atoms with Crippen molar-refractivity contribution in [2.24, 2.45) is 0 Å². The lowest BCUT2D eigenvalue weighted by molar-refractivity contribution is 1.49. The number of hydrogen-bond donors (Lipinski definition) is 0. The average molecular weight is 549 g/mol. The molecule has 0 aliphatic carbocycles. The van der Waals surface area contributed by atoms with E-state index in [1.54, 1.807) is 0 Å². The fraction of sp³-hybridized carbons (Fsp3) is 0. The molecule has 0 N–H and O–H groups in total. The van der Waals surface area contributed by atoms with Crippen molar-refractivity contribution in [2.75, 3.05) is 0 Å². The molecule has 0 aliphatic heterocycles. The number of benzene rings is 2. The van der Waals surface area contributed by atoms with Crippen LogP contribution in [0, 0.1) is 0 Å². The molecule has 2 rings (SSSR count). The van der Waals surface area contributed by atoms with Crippen molar-refractivity contribution in [3.8, 4) is 11.1 Å². The third-order valence-electron chi connectivity index (χ3n) is 2.21. The molecular formula is C12H5Br5. The van der Waals surface area contributed by atoms with Crippen LogP contribution < -0.4 is 0 Å². The topological polar surface area (TPSA) is 0 Å². The van der Waals surface area contributed by atoms with Crippen molar-refractivity contribution in [3.05, 3.63) is 52.7 Å². The van der Waals surface area contributed by atoms with Crippen LogP contribution in [0.25, 0.3) is 11.1 Å². The molecule has 0 saturated heterocycles. The van der Waals surface area contributed by atoms with Gasteiger partial charge in [0.25, 0.3) is 0 Å². The Morgan fingerprint density at radius 1 is 0.647 bits per heavy atom. The molecule has 0 unspecified atom stereocenters. The lowest BCUT2D eigenvalue weighted by Crippen LogP contribution is -1.83. The van der Waals surface area contributed by atoms with E-state index in [-0.39, 0.29) is 0 Å². The summed E-state index contributed by atoms with van der Waals surface area (Å²) in [5.74, 6) is 0. The standard InChI is InChI=1S/C12H5Br5/c13-7-3-6(4-8(14)5-7)9-1-2-10(15)12(17)11(9)16/h1-5H. The molecule has 0 amide bonds. The smallest absolute Gasteiger partial charge is 0.0465 e. The lowest BCUT2D eigenvalue weighted by Gasteiger charge is -2.09. The van der Waals surface area contributed by atoms with Gasteiger partial charge in [-0.1, -0.05) is 37.9 Å². The monoisotopic (exact) mass is 544 g/mol. The Kier molecular flexibility index (Phi) is 4.92. The van der Waals surface area contributed by atoms with Crippen molar-refractivity contribution in [2.45, 2.75) is 0 Å². The first-order valence-electron chi connectivity index (χ1n) is 4.59. The maximum Gasteiger partial charge on any atom is 0.0465 e. The Balaban J connectivity index is 2.64. The third-order valence-corrected chi connectivity index (χ3v) is 6.50. The molecule has 0 atom stereocenters. The van der Waals surface area contributed by atoms with Crippen molar-refractivity contribution >= 4 is 79.6 Å². The molecule has 0 bridgehead atoms. The van der Waals surface area contributed by atoms with Gasteiger partial charge < -0.3 is 0 Å². The Labute approximate surface area is 142 Å². The zero-order chi connectivity index (χ0) is 12.6. The second-order valence-electron chi connectivity index (χ2n) is 3.38. The fourth-order valence-corrected chi connectivity index (χ4v) is 4.27. The Bertz CT molecular complexity index is 557. The summed E-state index contributed by atoms with van der Waals surface area (Å²) in [7, 11) is 0. The summed E-state index contributed by atoms with van der Waals surface area (Å²) in [5.41, 5.74) is 2.29. The van der Waals surface area contributed by atoms with Gasteiger partial charge in [0.15, 0.2) is 0 Å². The zero-order valence-corrected chi connectivity index (χ0v) is 16.2. The van der Waals surface area contributed by atoms with Gasteiger partial charge in [-0.3, -0.25) is 0 Å². The third kappa shape index (κ3) is 3.24. The first kappa shape index (κ1) is 14.3. The van der Waals surface area contributed by atoms with E-state index in [1.807, 2.05) is 12.1 Å². The van der Waals surface area contributed by atoms with Gasteiger partial charge in [0.05, 0.1) is 0 Å². The van der Waals surface area contributed by atoms with Crippen LogP contribution in [0.5, 0.6) is 0 Å². The lowest BCUT2D eigenvalue weighted by atomic mass is 10.1. The van der Waals surface area contributed by atoms with Gasteiger partial charge in [-0.15, -0.1) is 0 Å². The van der Waals surface area contributed by atoms with Crippen LogP contribution in [-0.2, 0) is 0 Å². The van der Waals surface area contributed by atoms with E-state index in [0.717, 1.165) is 33.5 Å². The van der Waals surface area contributed by atoms with Gasteiger partial charge in [0.2, 0.25) is 0 Å². The van der Waals surface area contributed by atoms with Crippen molar-refractivity contribution < 1.29 is 0 Å². The van der Waals surface area contributed by atoms with Crippen LogP contribution in [0.15, 0.2) is 52.7 Å². The minimum Gasteiger partial charge on any atom is -0.0520 e. The molecule has 0 saturated carbocycles. The van der Waals surface area contributed by atoms with Crippen LogP contribution in [-0.4, -0.2) is 0 Å². The summed E-state index contributed by atoms with van der Waals surface area (Å²) >= 11 is 17.6. The molecule has 88 valence electrons. The normalized spacial score (nSPS) is 10.6. The maximum absolute atomic E-state index is 3.61. The highest BCUT2D eigenvalue weighted by atomic mass is 79.9. The van der Waals surface area contributed by atoms with Gasteiger partial charge in [-0.2, -0.15) is 0 Å². The minimum absolute atomic E-state index is 1.02. The molecule has 0 spiro atoms. The van der Waals surface area contributed by atoms with Crippen LogP contribution >= 0.6 is 79.6 Å². The Morgan fingerprint density at radius 3 is 1.82 bits per heavy atom. The van der Waals surface area contributed by atoms with E-state index in [0.29, 0.717) is 0 Å². The predicted octanol–water partition coefficient (Wildman–Crippen LogP) is 7.17. The zero-order valence-electron chi connectivity index (χ0n) is 8.28. The number of rotatable bonds is 1.